The van der Waals surface area contributed by atoms with Crippen molar-refractivity contribution in [1.29, 1.82) is 0 Å². The number of ether oxygens (including phenoxy) is 1. The summed E-state index contributed by atoms with van der Waals surface area (Å²) in [7, 11) is 0. The summed E-state index contributed by atoms with van der Waals surface area (Å²) in [6.45, 7) is -0.486. The van der Waals surface area contributed by atoms with Crippen LogP contribution in [-0.2, 0) is 4.74 Å². The van der Waals surface area contributed by atoms with E-state index in [2.05, 4.69) is 15.6 Å². The topological polar surface area (TPSA) is 121 Å². The van der Waals surface area contributed by atoms with Crippen molar-refractivity contribution in [3.8, 4) is 0 Å². The van der Waals surface area contributed by atoms with Gasteiger partial charge in [-0.2, -0.15) is 0 Å². The first-order valence-electron chi connectivity index (χ1n) is 8.75. The molecule has 8 nitrogen and oxygen atoms in total. The maximum atomic E-state index is 12.2. The SMILES string of the molecule is O=C(NC[C@]1(O)CO[C@H](CNC(=O)c2cnc(Cl)cc2Cl)[C@H]1O)c1ccccc1. The molecule has 1 aromatic carbocycles. The van der Waals surface area contributed by atoms with E-state index in [1.54, 1.807) is 30.3 Å². The monoisotopic (exact) mass is 439 g/mol. The van der Waals surface area contributed by atoms with Crippen molar-refractivity contribution < 1.29 is 24.5 Å². The molecule has 1 aliphatic heterocycles. The van der Waals surface area contributed by atoms with Crippen molar-refractivity contribution in [3.63, 3.8) is 0 Å². The number of pyridine rings is 1. The molecule has 2 aromatic rings. The van der Waals surface area contributed by atoms with E-state index in [4.69, 9.17) is 27.9 Å². The summed E-state index contributed by atoms with van der Waals surface area (Å²) in [6, 6.07) is 9.83. The van der Waals surface area contributed by atoms with Gasteiger partial charge in [0.2, 0.25) is 0 Å². The molecule has 3 atom stereocenters. The van der Waals surface area contributed by atoms with Gasteiger partial charge in [-0.3, -0.25) is 9.59 Å². The lowest BCUT2D eigenvalue weighted by Crippen LogP contribution is -2.53. The fraction of sp³-hybridized carbons (Fsp3) is 0.316. The maximum absolute atomic E-state index is 12.2. The van der Waals surface area contributed by atoms with Crippen molar-refractivity contribution >= 4 is 35.0 Å². The van der Waals surface area contributed by atoms with Crippen LogP contribution in [0.1, 0.15) is 20.7 Å². The van der Waals surface area contributed by atoms with Crippen LogP contribution in [0.2, 0.25) is 10.2 Å². The molecule has 2 heterocycles. The number of rotatable bonds is 6. The second kappa shape index (κ2) is 9.06. The van der Waals surface area contributed by atoms with Gasteiger partial charge in [-0.1, -0.05) is 41.4 Å². The molecular weight excluding hydrogens is 421 g/mol. The minimum atomic E-state index is -1.68. The van der Waals surface area contributed by atoms with Gasteiger partial charge >= 0.3 is 0 Å². The maximum Gasteiger partial charge on any atom is 0.254 e. The number of hydrogen-bond donors (Lipinski definition) is 4. The molecule has 29 heavy (non-hydrogen) atoms. The molecule has 2 amide bonds. The number of nitrogens with zero attached hydrogens (tertiary/aromatic N) is 1. The Morgan fingerprint density at radius 2 is 1.93 bits per heavy atom. The molecule has 0 saturated carbocycles. The highest BCUT2D eigenvalue weighted by molar-refractivity contribution is 6.36. The summed E-state index contributed by atoms with van der Waals surface area (Å²) in [5.74, 6) is -0.907. The van der Waals surface area contributed by atoms with Crippen LogP contribution in [0.4, 0.5) is 0 Å². The number of nitrogens with one attached hydrogen (secondary N) is 2. The minimum Gasteiger partial charge on any atom is -0.387 e. The first-order chi connectivity index (χ1) is 13.8. The predicted molar refractivity (Wildman–Crippen MR) is 106 cm³/mol. The molecule has 0 radical (unpaired) electrons. The Morgan fingerprint density at radius 1 is 1.21 bits per heavy atom. The number of benzene rings is 1. The van der Waals surface area contributed by atoms with Gasteiger partial charge in [0, 0.05) is 18.3 Å². The van der Waals surface area contributed by atoms with Crippen molar-refractivity contribution in [3.05, 3.63) is 63.9 Å². The van der Waals surface area contributed by atoms with Crippen LogP contribution in [0.3, 0.4) is 0 Å². The fourth-order valence-corrected chi connectivity index (χ4v) is 3.34. The van der Waals surface area contributed by atoms with Crippen LogP contribution in [-0.4, -0.2) is 64.5 Å². The predicted octanol–water partition coefficient (Wildman–Crippen LogP) is 1.04. The van der Waals surface area contributed by atoms with Gasteiger partial charge in [-0.15, -0.1) is 0 Å². The van der Waals surface area contributed by atoms with Crippen molar-refractivity contribution in [2.75, 3.05) is 19.7 Å². The third kappa shape index (κ3) is 5.04. The van der Waals surface area contributed by atoms with E-state index < -0.39 is 23.7 Å². The summed E-state index contributed by atoms with van der Waals surface area (Å²) in [5, 5.41) is 26.5. The van der Waals surface area contributed by atoms with Crippen molar-refractivity contribution in [2.24, 2.45) is 0 Å². The number of carbonyl (C=O) groups excluding carboxylic acids is 2. The third-order valence-corrected chi connectivity index (χ3v) is 5.09. The van der Waals surface area contributed by atoms with Gasteiger partial charge in [-0.25, -0.2) is 4.98 Å². The van der Waals surface area contributed by atoms with Crippen LogP contribution in [0, 0.1) is 0 Å². The second-order valence-electron chi connectivity index (χ2n) is 6.64. The Kier molecular flexibility index (Phi) is 6.71. The van der Waals surface area contributed by atoms with Gasteiger partial charge in [0.15, 0.2) is 0 Å². The number of aromatic nitrogens is 1. The van der Waals surface area contributed by atoms with E-state index in [1.165, 1.54) is 12.3 Å². The van der Waals surface area contributed by atoms with Crippen LogP contribution in [0.5, 0.6) is 0 Å². The molecule has 1 aliphatic rings. The fourth-order valence-electron chi connectivity index (χ4n) is 2.89. The average Bonchev–Trinajstić information content (AvgIpc) is 2.99. The van der Waals surface area contributed by atoms with E-state index in [1.807, 2.05) is 0 Å². The molecule has 0 bridgehead atoms. The molecule has 0 unspecified atom stereocenters. The molecule has 154 valence electrons. The Hall–Kier alpha value is -2.23. The molecule has 1 fully saturated rings. The molecule has 3 rings (SSSR count). The van der Waals surface area contributed by atoms with Gasteiger partial charge in [0.1, 0.15) is 23.0 Å². The van der Waals surface area contributed by atoms with Crippen LogP contribution < -0.4 is 10.6 Å². The molecular formula is C19H19Cl2N3O5. The highest BCUT2D eigenvalue weighted by Gasteiger charge is 2.48. The molecule has 1 saturated heterocycles. The molecule has 10 heteroatoms. The number of aliphatic hydroxyl groups excluding tert-OH is 1. The molecule has 0 spiro atoms. The van der Waals surface area contributed by atoms with E-state index >= 15 is 0 Å². The zero-order chi connectivity index (χ0) is 21.0. The molecule has 0 aliphatic carbocycles. The summed E-state index contributed by atoms with van der Waals surface area (Å²) in [5.41, 5.74) is -1.13. The number of aliphatic hydroxyl groups is 2. The highest BCUT2D eigenvalue weighted by Crippen LogP contribution is 2.25. The number of hydrogen-bond acceptors (Lipinski definition) is 6. The Bertz CT molecular complexity index is 899. The Morgan fingerprint density at radius 3 is 2.62 bits per heavy atom. The van der Waals surface area contributed by atoms with Gasteiger partial charge < -0.3 is 25.6 Å². The van der Waals surface area contributed by atoms with Gasteiger partial charge in [0.05, 0.1) is 23.7 Å². The third-order valence-electron chi connectivity index (χ3n) is 4.57. The quantitative estimate of drug-likeness (QED) is 0.499. The first kappa shape index (κ1) is 21.5. The summed E-state index contributed by atoms with van der Waals surface area (Å²) < 4.78 is 5.42. The van der Waals surface area contributed by atoms with E-state index in [-0.39, 0.29) is 41.3 Å². The first-order valence-corrected chi connectivity index (χ1v) is 9.50. The standard InChI is InChI=1S/C19H19Cl2N3O5/c20-13-6-15(21)22-7-12(13)18(27)23-8-14-16(25)19(28,10-29-14)9-24-17(26)11-4-2-1-3-5-11/h1-7,14,16,25,28H,8-10H2,(H,23,27)(H,24,26)/t14-,16-,19+/m1/s1. The average molecular weight is 440 g/mol. The normalized spacial score (nSPS) is 23.6. The minimum absolute atomic E-state index is 0.0755. The zero-order valence-electron chi connectivity index (χ0n) is 15.1. The van der Waals surface area contributed by atoms with Gasteiger partial charge in [-0.05, 0) is 18.2 Å². The lowest BCUT2D eigenvalue weighted by atomic mass is 9.96. The van der Waals surface area contributed by atoms with E-state index in [0.29, 0.717) is 5.56 Å². The lowest BCUT2D eigenvalue weighted by molar-refractivity contribution is -0.0464. The number of amides is 2. The largest absolute Gasteiger partial charge is 0.387 e. The Balaban J connectivity index is 1.54. The number of halogens is 2. The second-order valence-corrected chi connectivity index (χ2v) is 7.44. The van der Waals surface area contributed by atoms with E-state index in [9.17, 15) is 19.8 Å². The Labute approximate surface area is 176 Å². The molecule has 4 N–H and O–H groups in total. The van der Waals surface area contributed by atoms with Crippen LogP contribution in [0.15, 0.2) is 42.6 Å². The van der Waals surface area contributed by atoms with Gasteiger partial charge in [0.25, 0.3) is 11.8 Å². The molecule has 1 aromatic heterocycles. The van der Waals surface area contributed by atoms with Crippen LogP contribution >= 0.6 is 23.2 Å². The summed E-state index contributed by atoms with van der Waals surface area (Å²) in [4.78, 5) is 28.2. The van der Waals surface area contributed by atoms with E-state index in [0.717, 1.165) is 0 Å². The summed E-state index contributed by atoms with van der Waals surface area (Å²) in [6.07, 6.45) is -0.948. The lowest BCUT2D eigenvalue weighted by Gasteiger charge is -2.26. The van der Waals surface area contributed by atoms with Crippen LogP contribution in [0.25, 0.3) is 0 Å². The smallest absolute Gasteiger partial charge is 0.254 e. The van der Waals surface area contributed by atoms with Crippen molar-refractivity contribution in [1.82, 2.24) is 15.6 Å². The van der Waals surface area contributed by atoms with Crippen molar-refractivity contribution in [2.45, 2.75) is 17.8 Å². The highest BCUT2D eigenvalue weighted by atomic mass is 35.5. The summed E-state index contributed by atoms with van der Waals surface area (Å²) >= 11 is 11.7. The zero-order valence-corrected chi connectivity index (χ0v) is 16.7. The number of carbonyl (C=O) groups is 2.